The molecular formula is C12H26ClN3O. The molecule has 3 N–H and O–H groups in total. The fraction of sp³-hybridized carbons (Fsp3) is 0.917. The van der Waals surface area contributed by atoms with Crippen LogP contribution in [0, 0.1) is 0 Å². The molecule has 0 aromatic heterocycles. The Morgan fingerprint density at radius 1 is 1.47 bits per heavy atom. The Kier molecular flexibility index (Phi) is 9.50. The number of rotatable bonds is 6. The van der Waals surface area contributed by atoms with Crippen LogP contribution in [-0.4, -0.2) is 43.0 Å². The first-order valence-corrected chi connectivity index (χ1v) is 6.45. The number of hydrogen-bond donors (Lipinski definition) is 2. The van der Waals surface area contributed by atoms with E-state index in [1.165, 1.54) is 25.8 Å². The molecular weight excluding hydrogens is 238 g/mol. The van der Waals surface area contributed by atoms with Gasteiger partial charge in [0.1, 0.15) is 0 Å². The van der Waals surface area contributed by atoms with Crippen molar-refractivity contribution in [2.45, 2.75) is 45.1 Å². The van der Waals surface area contributed by atoms with Crippen LogP contribution in [0.15, 0.2) is 0 Å². The van der Waals surface area contributed by atoms with Crippen LogP contribution < -0.4 is 11.1 Å². The highest BCUT2D eigenvalue weighted by Crippen LogP contribution is 2.15. The third kappa shape index (κ3) is 6.86. The number of carbonyl (C=O) groups excluding carboxylic acids is 1. The predicted octanol–water partition coefficient (Wildman–Crippen LogP) is 1.14. The molecule has 1 rings (SSSR count). The molecule has 1 aliphatic heterocycles. The lowest BCUT2D eigenvalue weighted by atomic mass is 10.0. The van der Waals surface area contributed by atoms with Crippen molar-refractivity contribution in [3.63, 3.8) is 0 Å². The predicted molar refractivity (Wildman–Crippen MR) is 73.4 cm³/mol. The van der Waals surface area contributed by atoms with Crippen molar-refractivity contribution in [3.8, 4) is 0 Å². The molecule has 1 fully saturated rings. The maximum atomic E-state index is 11.2. The number of nitrogens with zero attached hydrogens (tertiary/aromatic N) is 1. The number of piperidine rings is 1. The topological polar surface area (TPSA) is 58.4 Å². The zero-order chi connectivity index (χ0) is 11.8. The fourth-order valence-electron chi connectivity index (χ4n) is 2.22. The molecule has 0 aliphatic carbocycles. The Morgan fingerprint density at radius 3 is 2.88 bits per heavy atom. The molecule has 4 nitrogen and oxygen atoms in total. The fourth-order valence-corrected chi connectivity index (χ4v) is 2.22. The second kappa shape index (κ2) is 9.68. The molecule has 0 saturated carbocycles. The number of nitrogens with two attached hydrogens (primary N) is 1. The molecule has 1 unspecified atom stereocenters. The molecule has 5 heteroatoms. The maximum absolute atomic E-state index is 11.2. The van der Waals surface area contributed by atoms with Gasteiger partial charge in [0, 0.05) is 32.1 Å². The van der Waals surface area contributed by atoms with Gasteiger partial charge in [-0.25, -0.2) is 0 Å². The van der Waals surface area contributed by atoms with Crippen molar-refractivity contribution in [2.75, 3.05) is 26.2 Å². The van der Waals surface area contributed by atoms with Gasteiger partial charge in [-0.1, -0.05) is 6.42 Å². The summed E-state index contributed by atoms with van der Waals surface area (Å²) in [6.45, 7) is 5.84. The lowest BCUT2D eigenvalue weighted by Crippen LogP contribution is -2.39. The zero-order valence-electron chi connectivity index (χ0n) is 10.8. The summed E-state index contributed by atoms with van der Waals surface area (Å²) in [5.74, 6) is 0.0780. The number of carbonyl (C=O) groups is 1. The Labute approximate surface area is 111 Å². The largest absolute Gasteiger partial charge is 0.356 e. The summed E-state index contributed by atoms with van der Waals surface area (Å²) in [6, 6.07) is 0.716. The average molecular weight is 264 g/mol. The second-order valence-electron chi connectivity index (χ2n) is 4.62. The molecule has 1 amide bonds. The number of nitrogens with one attached hydrogen (secondary N) is 1. The van der Waals surface area contributed by atoms with Gasteiger partial charge in [0.2, 0.25) is 5.91 Å². The SMILES string of the molecule is CC1CCCCN1CCCNC(=O)CCN.Cl. The highest BCUT2D eigenvalue weighted by molar-refractivity contribution is 5.85. The standard InChI is InChI=1S/C12H25N3O.ClH/c1-11-5-2-3-9-15(11)10-4-8-14-12(16)6-7-13;/h11H,2-10,13H2,1H3,(H,14,16);1H. The lowest BCUT2D eigenvalue weighted by molar-refractivity contribution is -0.120. The van der Waals surface area contributed by atoms with Gasteiger partial charge in [0.05, 0.1) is 0 Å². The Bertz CT molecular complexity index is 214. The first-order chi connectivity index (χ1) is 7.74. The van der Waals surface area contributed by atoms with E-state index in [1.54, 1.807) is 0 Å². The highest BCUT2D eigenvalue weighted by atomic mass is 35.5. The van der Waals surface area contributed by atoms with Crippen molar-refractivity contribution in [3.05, 3.63) is 0 Å². The average Bonchev–Trinajstić information content (AvgIpc) is 2.27. The molecule has 0 spiro atoms. The normalized spacial score (nSPS) is 20.7. The van der Waals surface area contributed by atoms with E-state index in [-0.39, 0.29) is 18.3 Å². The van der Waals surface area contributed by atoms with Gasteiger partial charge >= 0.3 is 0 Å². The summed E-state index contributed by atoms with van der Waals surface area (Å²) in [7, 11) is 0. The van der Waals surface area contributed by atoms with E-state index in [0.29, 0.717) is 19.0 Å². The van der Waals surface area contributed by atoms with Gasteiger partial charge in [-0.2, -0.15) is 0 Å². The first kappa shape index (κ1) is 16.7. The third-order valence-corrected chi connectivity index (χ3v) is 3.26. The Morgan fingerprint density at radius 2 is 2.24 bits per heavy atom. The third-order valence-electron chi connectivity index (χ3n) is 3.26. The van der Waals surface area contributed by atoms with Crippen molar-refractivity contribution in [1.29, 1.82) is 0 Å². The van der Waals surface area contributed by atoms with Crippen molar-refractivity contribution in [1.82, 2.24) is 10.2 Å². The number of likely N-dealkylation sites (tertiary alicyclic amines) is 1. The van der Waals surface area contributed by atoms with E-state index in [0.717, 1.165) is 19.5 Å². The number of amides is 1. The van der Waals surface area contributed by atoms with Crippen LogP contribution in [0.4, 0.5) is 0 Å². The molecule has 17 heavy (non-hydrogen) atoms. The summed E-state index contributed by atoms with van der Waals surface area (Å²) < 4.78 is 0. The van der Waals surface area contributed by atoms with Gasteiger partial charge < -0.3 is 16.0 Å². The zero-order valence-corrected chi connectivity index (χ0v) is 11.6. The van der Waals surface area contributed by atoms with Crippen molar-refractivity contribution in [2.24, 2.45) is 5.73 Å². The minimum absolute atomic E-state index is 0. The summed E-state index contributed by atoms with van der Waals surface area (Å²) in [6.07, 6.45) is 5.50. The van der Waals surface area contributed by atoms with Gasteiger partial charge in [-0.05, 0) is 32.7 Å². The monoisotopic (exact) mass is 263 g/mol. The van der Waals surface area contributed by atoms with Crippen LogP contribution in [0.1, 0.15) is 39.0 Å². The molecule has 102 valence electrons. The van der Waals surface area contributed by atoms with E-state index in [2.05, 4.69) is 17.1 Å². The smallest absolute Gasteiger partial charge is 0.221 e. The molecule has 0 aromatic carbocycles. The number of hydrogen-bond acceptors (Lipinski definition) is 3. The van der Waals surface area contributed by atoms with Gasteiger partial charge in [0.15, 0.2) is 0 Å². The van der Waals surface area contributed by atoms with Crippen LogP contribution in [-0.2, 0) is 4.79 Å². The summed E-state index contributed by atoms with van der Waals surface area (Å²) in [5.41, 5.74) is 5.30. The van der Waals surface area contributed by atoms with E-state index in [9.17, 15) is 4.79 Å². The Hall–Kier alpha value is -0.320. The van der Waals surface area contributed by atoms with Crippen LogP contribution in [0.2, 0.25) is 0 Å². The molecule has 1 atom stereocenters. The molecule has 1 heterocycles. The first-order valence-electron chi connectivity index (χ1n) is 6.45. The molecule has 1 saturated heterocycles. The van der Waals surface area contributed by atoms with Crippen molar-refractivity contribution < 1.29 is 4.79 Å². The number of halogens is 1. The minimum atomic E-state index is 0. The van der Waals surface area contributed by atoms with Crippen LogP contribution in [0.5, 0.6) is 0 Å². The molecule has 0 aromatic rings. The Balaban J connectivity index is 0.00000256. The summed E-state index contributed by atoms with van der Waals surface area (Å²) in [5, 5.41) is 2.89. The van der Waals surface area contributed by atoms with E-state index >= 15 is 0 Å². The van der Waals surface area contributed by atoms with Crippen molar-refractivity contribution >= 4 is 18.3 Å². The van der Waals surface area contributed by atoms with Gasteiger partial charge in [-0.15, -0.1) is 12.4 Å². The van der Waals surface area contributed by atoms with Crippen LogP contribution in [0.25, 0.3) is 0 Å². The van der Waals surface area contributed by atoms with Crippen LogP contribution in [0.3, 0.4) is 0 Å². The van der Waals surface area contributed by atoms with Gasteiger partial charge in [-0.3, -0.25) is 4.79 Å². The van der Waals surface area contributed by atoms with Gasteiger partial charge in [0.25, 0.3) is 0 Å². The highest BCUT2D eigenvalue weighted by Gasteiger charge is 2.16. The summed E-state index contributed by atoms with van der Waals surface area (Å²) >= 11 is 0. The molecule has 0 bridgehead atoms. The van der Waals surface area contributed by atoms with Crippen LogP contribution >= 0.6 is 12.4 Å². The van der Waals surface area contributed by atoms with E-state index < -0.39 is 0 Å². The second-order valence-corrected chi connectivity index (χ2v) is 4.62. The summed E-state index contributed by atoms with van der Waals surface area (Å²) in [4.78, 5) is 13.7. The quantitative estimate of drug-likeness (QED) is 0.707. The molecule has 1 aliphatic rings. The molecule has 0 radical (unpaired) electrons. The lowest BCUT2D eigenvalue weighted by Gasteiger charge is -2.33. The minimum Gasteiger partial charge on any atom is -0.356 e. The van der Waals surface area contributed by atoms with E-state index in [1.807, 2.05) is 0 Å². The van der Waals surface area contributed by atoms with E-state index in [4.69, 9.17) is 5.73 Å². The maximum Gasteiger partial charge on any atom is 0.221 e.